The number of rotatable bonds is 11. The van der Waals surface area contributed by atoms with Crippen molar-refractivity contribution in [3.8, 4) is 11.5 Å². The third-order valence-electron chi connectivity index (χ3n) is 6.03. The van der Waals surface area contributed by atoms with Crippen molar-refractivity contribution in [2.75, 3.05) is 7.11 Å². The van der Waals surface area contributed by atoms with Crippen molar-refractivity contribution in [3.63, 3.8) is 0 Å². The smallest absolute Gasteiger partial charge is 0.257 e. The molecule has 4 aromatic carbocycles. The van der Waals surface area contributed by atoms with Crippen LogP contribution in [0.3, 0.4) is 0 Å². The Kier molecular flexibility index (Phi) is 10.8. The molecule has 210 valence electrons. The molecule has 0 heterocycles. The number of hydrogen-bond acceptors (Lipinski definition) is 4. The highest BCUT2D eigenvalue weighted by Gasteiger charge is 2.20. The molecule has 0 aliphatic rings. The van der Waals surface area contributed by atoms with Crippen LogP contribution in [0.25, 0.3) is 6.08 Å². The number of amides is 2. The molecule has 9 heteroatoms. The summed E-state index contributed by atoms with van der Waals surface area (Å²) in [5.74, 6) is -0.164. The van der Waals surface area contributed by atoms with Gasteiger partial charge >= 0.3 is 0 Å². The van der Waals surface area contributed by atoms with Crippen molar-refractivity contribution in [1.29, 1.82) is 0 Å². The van der Waals surface area contributed by atoms with Crippen LogP contribution in [0.1, 0.15) is 22.3 Å². The second-order valence-electron chi connectivity index (χ2n) is 8.95. The van der Waals surface area contributed by atoms with E-state index in [0.29, 0.717) is 31.6 Å². The van der Waals surface area contributed by atoms with Crippen molar-refractivity contribution in [3.05, 3.63) is 133 Å². The van der Waals surface area contributed by atoms with Crippen LogP contribution in [0.5, 0.6) is 11.5 Å². The summed E-state index contributed by atoms with van der Waals surface area (Å²) in [6.45, 7) is 0.723. The summed E-state index contributed by atoms with van der Waals surface area (Å²) in [5, 5.41) is 6.70. The highest BCUT2D eigenvalue weighted by molar-refractivity contribution is 9.10. The van der Waals surface area contributed by atoms with E-state index >= 15 is 0 Å². The molecule has 0 atom stereocenters. The third-order valence-corrected chi connectivity index (χ3v) is 7.21. The number of benzene rings is 4. The van der Waals surface area contributed by atoms with Crippen molar-refractivity contribution in [2.45, 2.75) is 19.7 Å². The fourth-order valence-electron chi connectivity index (χ4n) is 3.90. The number of carbonyl (C=O) groups is 2. The molecular weight excluding hydrogens is 627 g/mol. The molecule has 0 unspecified atom stereocenters. The lowest BCUT2D eigenvalue weighted by Crippen LogP contribution is -2.34. The van der Waals surface area contributed by atoms with Crippen LogP contribution in [0.2, 0.25) is 10.0 Å². The number of methoxy groups -OCH3 is 1. The first-order chi connectivity index (χ1) is 19.8. The third kappa shape index (κ3) is 8.60. The fraction of sp³-hybridized carbons (Fsp3) is 0.125. The Hall–Kier alpha value is -3.78. The highest BCUT2D eigenvalue weighted by Crippen LogP contribution is 2.38. The molecule has 0 fully saturated rings. The van der Waals surface area contributed by atoms with Gasteiger partial charge in [-0.1, -0.05) is 89.9 Å². The van der Waals surface area contributed by atoms with E-state index in [1.807, 2.05) is 60.7 Å². The topological polar surface area (TPSA) is 76.7 Å². The van der Waals surface area contributed by atoms with Crippen LogP contribution in [-0.4, -0.2) is 18.9 Å². The van der Waals surface area contributed by atoms with Gasteiger partial charge in [0.1, 0.15) is 12.2 Å². The van der Waals surface area contributed by atoms with Gasteiger partial charge in [-0.25, -0.2) is 0 Å². The second-order valence-corrected chi connectivity index (χ2v) is 10.7. The van der Waals surface area contributed by atoms with Gasteiger partial charge in [0.2, 0.25) is 0 Å². The molecule has 2 amide bonds. The van der Waals surface area contributed by atoms with Crippen molar-refractivity contribution in [2.24, 2.45) is 0 Å². The number of halogens is 3. The Bertz CT molecular complexity index is 1490. The first kappa shape index (κ1) is 30.2. The molecule has 2 N–H and O–H groups in total. The van der Waals surface area contributed by atoms with E-state index in [4.69, 9.17) is 32.7 Å². The molecule has 4 aromatic rings. The molecule has 0 saturated carbocycles. The Morgan fingerprint density at radius 3 is 1.95 bits per heavy atom. The maximum Gasteiger partial charge on any atom is 0.257 e. The largest absolute Gasteiger partial charge is 0.493 e. The summed E-state index contributed by atoms with van der Waals surface area (Å²) in [7, 11) is 1.51. The van der Waals surface area contributed by atoms with E-state index in [2.05, 4.69) is 26.6 Å². The van der Waals surface area contributed by atoms with Crippen LogP contribution < -0.4 is 20.1 Å². The van der Waals surface area contributed by atoms with Gasteiger partial charge in [-0.05, 0) is 63.0 Å². The molecule has 0 aromatic heterocycles. The predicted octanol–water partition coefficient (Wildman–Crippen LogP) is 7.36. The average molecular weight is 654 g/mol. The normalized spacial score (nSPS) is 10.4. The molecule has 4 rings (SSSR count). The summed E-state index contributed by atoms with van der Waals surface area (Å²) in [4.78, 5) is 26.5. The zero-order chi connectivity index (χ0) is 29.2. The molecule has 0 saturated heterocycles. The molecule has 6 nitrogen and oxygen atoms in total. The van der Waals surface area contributed by atoms with Gasteiger partial charge in [0, 0.05) is 28.7 Å². The number of carbonyl (C=O) groups excluding carboxylic acids is 2. The summed E-state index contributed by atoms with van der Waals surface area (Å²) < 4.78 is 12.2. The molecule has 0 aliphatic heterocycles. The minimum atomic E-state index is -0.507. The summed E-state index contributed by atoms with van der Waals surface area (Å²) in [6, 6.07) is 27.6. The van der Waals surface area contributed by atoms with Gasteiger partial charge < -0.3 is 20.1 Å². The van der Waals surface area contributed by atoms with E-state index in [9.17, 15) is 9.59 Å². The SMILES string of the molecule is COc1cc(C=C(C(=O)NCc2ccccc2)C(=O)NCc2ccccc2)cc(Br)c1OCc1ccc(Cl)cc1Cl. The lowest BCUT2D eigenvalue weighted by atomic mass is 10.1. The zero-order valence-electron chi connectivity index (χ0n) is 22.1. The van der Waals surface area contributed by atoms with Gasteiger partial charge in [0.05, 0.1) is 11.6 Å². The van der Waals surface area contributed by atoms with E-state index in [1.54, 1.807) is 30.3 Å². The van der Waals surface area contributed by atoms with Gasteiger partial charge in [0.15, 0.2) is 11.5 Å². The van der Waals surface area contributed by atoms with Crippen molar-refractivity contribution < 1.29 is 19.1 Å². The predicted molar refractivity (Wildman–Crippen MR) is 166 cm³/mol. The standard InChI is InChI=1S/C32H27BrCl2N2O4/c1-40-29-16-23(15-27(33)30(29)41-20-24-12-13-25(34)17-28(24)35)14-26(31(38)36-18-21-8-4-2-5-9-21)32(39)37-19-22-10-6-3-7-11-22/h2-17H,18-20H2,1H3,(H,36,38)(H,37,39). The minimum absolute atomic E-state index is 0.0487. The van der Waals surface area contributed by atoms with Crippen LogP contribution in [0, 0.1) is 0 Å². The average Bonchev–Trinajstić information content (AvgIpc) is 2.98. The van der Waals surface area contributed by atoms with Crippen LogP contribution in [0.4, 0.5) is 0 Å². The van der Waals surface area contributed by atoms with E-state index in [-0.39, 0.29) is 25.3 Å². The van der Waals surface area contributed by atoms with Gasteiger partial charge in [-0.3, -0.25) is 9.59 Å². The Labute approximate surface area is 257 Å². The van der Waals surface area contributed by atoms with Crippen molar-refractivity contribution in [1.82, 2.24) is 10.6 Å². The maximum atomic E-state index is 13.3. The van der Waals surface area contributed by atoms with Gasteiger partial charge in [0.25, 0.3) is 11.8 Å². The van der Waals surface area contributed by atoms with E-state index < -0.39 is 11.8 Å². The quantitative estimate of drug-likeness (QED) is 0.101. The fourth-order valence-corrected chi connectivity index (χ4v) is 4.94. The van der Waals surface area contributed by atoms with Gasteiger partial charge in [-0.15, -0.1) is 0 Å². The number of hydrogen-bond donors (Lipinski definition) is 2. The minimum Gasteiger partial charge on any atom is -0.493 e. The summed E-state index contributed by atoms with van der Waals surface area (Å²) in [5.41, 5.74) is 3.09. The van der Waals surface area contributed by atoms with E-state index in [1.165, 1.54) is 13.2 Å². The lowest BCUT2D eigenvalue weighted by Gasteiger charge is -2.15. The van der Waals surface area contributed by atoms with Crippen LogP contribution in [-0.2, 0) is 29.3 Å². The summed E-state index contributed by atoms with van der Waals surface area (Å²) in [6.07, 6.45) is 1.52. The summed E-state index contributed by atoms with van der Waals surface area (Å²) >= 11 is 15.8. The highest BCUT2D eigenvalue weighted by atomic mass is 79.9. The molecular formula is C32H27BrCl2N2O4. The first-order valence-electron chi connectivity index (χ1n) is 12.6. The molecule has 0 bridgehead atoms. The van der Waals surface area contributed by atoms with Gasteiger partial charge in [-0.2, -0.15) is 0 Å². The monoisotopic (exact) mass is 652 g/mol. The molecule has 0 radical (unpaired) electrons. The van der Waals surface area contributed by atoms with Crippen LogP contribution >= 0.6 is 39.1 Å². The Morgan fingerprint density at radius 1 is 0.829 bits per heavy atom. The molecule has 0 spiro atoms. The second kappa shape index (κ2) is 14.7. The zero-order valence-corrected chi connectivity index (χ0v) is 25.2. The molecule has 0 aliphatic carbocycles. The van der Waals surface area contributed by atoms with E-state index in [0.717, 1.165) is 16.7 Å². The van der Waals surface area contributed by atoms with Crippen LogP contribution in [0.15, 0.2) is 101 Å². The lowest BCUT2D eigenvalue weighted by molar-refractivity contribution is -0.123. The first-order valence-corrected chi connectivity index (χ1v) is 14.2. The molecule has 41 heavy (non-hydrogen) atoms. The maximum absolute atomic E-state index is 13.3. The Balaban J connectivity index is 1.58. The number of ether oxygens (including phenoxy) is 2. The van der Waals surface area contributed by atoms with Crippen molar-refractivity contribution >= 4 is 57.0 Å². The number of nitrogens with one attached hydrogen (secondary N) is 2. The Morgan fingerprint density at radius 2 is 1.41 bits per heavy atom.